The highest BCUT2D eigenvalue weighted by Gasteiger charge is 2.44. The average Bonchev–Trinajstić information content (AvgIpc) is 2.66. The number of thioether (sulfide) groups is 1. The monoisotopic (exact) mass is 215 g/mol. The first-order chi connectivity index (χ1) is 6.81. The van der Waals surface area contributed by atoms with Gasteiger partial charge in [0.1, 0.15) is 6.10 Å². The van der Waals surface area contributed by atoms with Crippen molar-refractivity contribution in [3.05, 3.63) is 0 Å². The zero-order chi connectivity index (χ0) is 9.97. The van der Waals surface area contributed by atoms with E-state index in [1.807, 2.05) is 11.8 Å². The largest absolute Gasteiger partial charge is 0.443 e. The molecule has 2 rings (SSSR count). The number of amides is 1. The molecule has 4 heteroatoms. The van der Waals surface area contributed by atoms with E-state index >= 15 is 0 Å². The van der Waals surface area contributed by atoms with E-state index in [0.29, 0.717) is 5.25 Å². The lowest BCUT2D eigenvalue weighted by Crippen LogP contribution is -2.36. The second-order valence-corrected chi connectivity index (χ2v) is 5.25. The van der Waals surface area contributed by atoms with Gasteiger partial charge in [0, 0.05) is 11.0 Å². The van der Waals surface area contributed by atoms with Crippen molar-refractivity contribution in [2.75, 3.05) is 5.75 Å². The van der Waals surface area contributed by atoms with Gasteiger partial charge in [-0.25, -0.2) is 4.79 Å². The number of unbranched alkanes of at least 4 members (excludes halogenated alkanes) is 2. The maximum absolute atomic E-state index is 11.0. The predicted octanol–water partition coefficient (Wildman–Crippen LogP) is 2.16. The van der Waals surface area contributed by atoms with Crippen LogP contribution in [0.25, 0.3) is 0 Å². The van der Waals surface area contributed by atoms with Gasteiger partial charge in [-0.3, -0.25) is 0 Å². The molecule has 0 radical (unpaired) electrons. The van der Waals surface area contributed by atoms with Crippen LogP contribution in [0.4, 0.5) is 4.79 Å². The summed E-state index contributed by atoms with van der Waals surface area (Å²) in [6, 6.07) is 0.282. The molecule has 2 heterocycles. The standard InChI is InChI=1S/C10H17NO2S/c1-2-3-4-5-8-9-7(6-14-8)13-10(12)11-9/h7-9H,2-6H2,1H3,(H,11,12). The molecule has 1 amide bonds. The van der Waals surface area contributed by atoms with Crippen molar-refractivity contribution < 1.29 is 9.53 Å². The van der Waals surface area contributed by atoms with Gasteiger partial charge in [-0.1, -0.05) is 26.2 Å². The highest BCUT2D eigenvalue weighted by molar-refractivity contribution is 8.00. The molecule has 3 unspecified atom stereocenters. The SMILES string of the molecule is CCCCCC1SCC2OC(=O)NC21. The van der Waals surface area contributed by atoms with Crippen molar-refractivity contribution >= 4 is 17.9 Å². The third-order valence-electron chi connectivity index (χ3n) is 2.91. The fourth-order valence-electron chi connectivity index (χ4n) is 2.12. The summed E-state index contributed by atoms with van der Waals surface area (Å²) in [5, 5.41) is 3.49. The van der Waals surface area contributed by atoms with Crippen LogP contribution in [-0.2, 0) is 4.74 Å². The molecule has 0 saturated carbocycles. The summed E-state index contributed by atoms with van der Waals surface area (Å²) >= 11 is 1.95. The molecule has 0 bridgehead atoms. The van der Waals surface area contributed by atoms with Gasteiger partial charge in [0.15, 0.2) is 0 Å². The zero-order valence-corrected chi connectivity index (χ0v) is 9.31. The van der Waals surface area contributed by atoms with Crippen LogP contribution in [0.5, 0.6) is 0 Å². The van der Waals surface area contributed by atoms with Crippen LogP contribution in [0.2, 0.25) is 0 Å². The number of alkyl carbamates (subject to hydrolysis) is 1. The molecule has 3 atom stereocenters. The third kappa shape index (κ3) is 2.00. The maximum Gasteiger partial charge on any atom is 0.407 e. The minimum absolute atomic E-state index is 0.138. The van der Waals surface area contributed by atoms with E-state index in [1.165, 1.54) is 25.7 Å². The van der Waals surface area contributed by atoms with Crippen LogP contribution < -0.4 is 5.32 Å². The molecule has 0 aromatic carbocycles. The normalized spacial score (nSPS) is 35.2. The number of ether oxygens (including phenoxy) is 1. The van der Waals surface area contributed by atoms with Gasteiger partial charge in [-0.2, -0.15) is 11.8 Å². The van der Waals surface area contributed by atoms with Gasteiger partial charge in [0.05, 0.1) is 6.04 Å². The highest BCUT2D eigenvalue weighted by Crippen LogP contribution is 2.35. The molecular weight excluding hydrogens is 198 g/mol. The number of carbonyl (C=O) groups excluding carboxylic acids is 1. The Kier molecular flexibility index (Phi) is 3.21. The summed E-state index contributed by atoms with van der Waals surface area (Å²) < 4.78 is 5.15. The van der Waals surface area contributed by atoms with Crippen molar-refractivity contribution in [2.24, 2.45) is 0 Å². The van der Waals surface area contributed by atoms with Crippen LogP contribution in [0.3, 0.4) is 0 Å². The van der Waals surface area contributed by atoms with Crippen LogP contribution in [0, 0.1) is 0 Å². The number of rotatable bonds is 4. The summed E-state index contributed by atoms with van der Waals surface area (Å²) in [6.07, 6.45) is 4.95. The number of hydrogen-bond acceptors (Lipinski definition) is 3. The van der Waals surface area contributed by atoms with E-state index in [4.69, 9.17) is 4.74 Å². The van der Waals surface area contributed by atoms with Crippen LogP contribution >= 0.6 is 11.8 Å². The molecule has 0 aromatic rings. The second kappa shape index (κ2) is 4.43. The lowest BCUT2D eigenvalue weighted by molar-refractivity contribution is 0.145. The Labute approximate surface area is 89.0 Å². The Hall–Kier alpha value is -0.380. The van der Waals surface area contributed by atoms with Gasteiger partial charge >= 0.3 is 6.09 Å². The number of nitrogens with one attached hydrogen (secondary N) is 1. The number of fused-ring (bicyclic) bond motifs is 1. The Morgan fingerprint density at radius 2 is 2.43 bits per heavy atom. The van der Waals surface area contributed by atoms with Gasteiger partial charge < -0.3 is 10.1 Å². The molecule has 0 aliphatic carbocycles. The second-order valence-electron chi connectivity index (χ2n) is 3.98. The van der Waals surface area contributed by atoms with Crippen LogP contribution in [0.1, 0.15) is 32.6 Å². The minimum Gasteiger partial charge on any atom is -0.443 e. The van der Waals surface area contributed by atoms with Crippen LogP contribution in [-0.4, -0.2) is 29.2 Å². The third-order valence-corrected chi connectivity index (χ3v) is 4.39. The molecule has 1 N–H and O–H groups in total. The van der Waals surface area contributed by atoms with Crippen LogP contribution in [0.15, 0.2) is 0 Å². The summed E-state index contributed by atoms with van der Waals surface area (Å²) in [6.45, 7) is 2.21. The van der Waals surface area contributed by atoms with Crippen molar-refractivity contribution in [3.63, 3.8) is 0 Å². The van der Waals surface area contributed by atoms with Crippen molar-refractivity contribution in [1.82, 2.24) is 5.32 Å². The molecular formula is C10H17NO2S. The first-order valence-electron chi connectivity index (χ1n) is 5.40. The van der Waals surface area contributed by atoms with Crippen molar-refractivity contribution in [1.29, 1.82) is 0 Å². The lowest BCUT2D eigenvalue weighted by Gasteiger charge is -2.14. The van der Waals surface area contributed by atoms with E-state index in [0.717, 1.165) is 5.75 Å². The van der Waals surface area contributed by atoms with Gasteiger partial charge in [-0.15, -0.1) is 0 Å². The van der Waals surface area contributed by atoms with E-state index in [9.17, 15) is 4.79 Å². The maximum atomic E-state index is 11.0. The molecule has 0 spiro atoms. The molecule has 14 heavy (non-hydrogen) atoms. The Morgan fingerprint density at radius 1 is 1.57 bits per heavy atom. The first-order valence-corrected chi connectivity index (χ1v) is 6.45. The van der Waals surface area contributed by atoms with Gasteiger partial charge in [-0.05, 0) is 6.42 Å². The van der Waals surface area contributed by atoms with Crippen molar-refractivity contribution in [2.45, 2.75) is 50.0 Å². The van der Waals surface area contributed by atoms with Gasteiger partial charge in [0.25, 0.3) is 0 Å². The van der Waals surface area contributed by atoms with Crippen molar-refractivity contribution in [3.8, 4) is 0 Å². The zero-order valence-electron chi connectivity index (χ0n) is 8.49. The number of carbonyl (C=O) groups is 1. The minimum atomic E-state index is -0.221. The molecule has 2 aliphatic rings. The summed E-state index contributed by atoms with van der Waals surface area (Å²) in [5.41, 5.74) is 0. The summed E-state index contributed by atoms with van der Waals surface area (Å²) in [7, 11) is 0. The average molecular weight is 215 g/mol. The van der Waals surface area contributed by atoms with E-state index in [2.05, 4.69) is 12.2 Å². The fraction of sp³-hybridized carbons (Fsp3) is 0.900. The van der Waals surface area contributed by atoms with E-state index in [-0.39, 0.29) is 18.2 Å². The Bertz CT molecular complexity index is 222. The Balaban J connectivity index is 1.80. The molecule has 2 fully saturated rings. The summed E-state index contributed by atoms with van der Waals surface area (Å²) in [5.74, 6) is 0.972. The molecule has 0 aromatic heterocycles. The van der Waals surface area contributed by atoms with E-state index < -0.39 is 0 Å². The number of hydrogen-bond donors (Lipinski definition) is 1. The quantitative estimate of drug-likeness (QED) is 0.730. The molecule has 80 valence electrons. The lowest BCUT2D eigenvalue weighted by atomic mass is 10.0. The fourth-order valence-corrected chi connectivity index (χ4v) is 3.62. The molecule has 2 aliphatic heterocycles. The Morgan fingerprint density at radius 3 is 3.21 bits per heavy atom. The smallest absolute Gasteiger partial charge is 0.407 e. The topological polar surface area (TPSA) is 38.3 Å². The van der Waals surface area contributed by atoms with E-state index in [1.54, 1.807) is 0 Å². The summed E-state index contributed by atoms with van der Waals surface area (Å²) in [4.78, 5) is 11.0. The molecule has 2 saturated heterocycles. The first kappa shape index (κ1) is 10.1. The van der Waals surface area contributed by atoms with Gasteiger partial charge in [0.2, 0.25) is 0 Å². The molecule has 3 nitrogen and oxygen atoms in total. The highest BCUT2D eigenvalue weighted by atomic mass is 32.2. The predicted molar refractivity (Wildman–Crippen MR) is 57.6 cm³/mol.